The Morgan fingerprint density at radius 3 is 2.75 bits per heavy atom. The summed E-state index contributed by atoms with van der Waals surface area (Å²) in [6.07, 6.45) is 1.57. The van der Waals surface area contributed by atoms with E-state index in [1.165, 1.54) is 7.11 Å². The van der Waals surface area contributed by atoms with Crippen molar-refractivity contribution in [2.45, 2.75) is 0 Å². The van der Waals surface area contributed by atoms with Crippen LogP contribution in [0.2, 0.25) is 5.15 Å². The highest BCUT2D eigenvalue weighted by atomic mass is 35.5. The molecule has 0 unspecified atom stereocenters. The number of hydrogen-bond donors (Lipinski definition) is 2. The lowest BCUT2D eigenvalue weighted by Gasteiger charge is -2.11. The molecule has 6 heteroatoms. The number of fused-ring (bicyclic) bond motifs is 1. The molecular formula is C10H9BClNO3. The second-order valence-electron chi connectivity index (χ2n) is 3.28. The van der Waals surface area contributed by atoms with Gasteiger partial charge in [-0.2, -0.15) is 0 Å². The highest BCUT2D eigenvalue weighted by Crippen LogP contribution is 2.20. The van der Waals surface area contributed by atoms with Crippen LogP contribution in [0.5, 0.6) is 5.75 Å². The molecule has 0 spiro atoms. The number of rotatable bonds is 2. The van der Waals surface area contributed by atoms with Crippen molar-refractivity contribution in [1.29, 1.82) is 0 Å². The Labute approximate surface area is 97.6 Å². The van der Waals surface area contributed by atoms with Crippen molar-refractivity contribution in [2.24, 2.45) is 0 Å². The smallest absolute Gasteiger partial charge is 0.492 e. The third kappa shape index (κ3) is 1.85. The zero-order chi connectivity index (χ0) is 11.7. The van der Waals surface area contributed by atoms with Crippen LogP contribution in [0.1, 0.15) is 0 Å². The Morgan fingerprint density at radius 1 is 1.38 bits per heavy atom. The number of aromatic nitrogens is 1. The molecule has 0 saturated carbocycles. The van der Waals surface area contributed by atoms with Gasteiger partial charge in [-0.3, -0.25) is 0 Å². The van der Waals surface area contributed by atoms with E-state index in [1.807, 2.05) is 0 Å². The second-order valence-corrected chi connectivity index (χ2v) is 3.67. The van der Waals surface area contributed by atoms with E-state index in [4.69, 9.17) is 16.3 Å². The Kier molecular flexibility index (Phi) is 3.00. The summed E-state index contributed by atoms with van der Waals surface area (Å²) in [6.45, 7) is 0. The van der Waals surface area contributed by atoms with Crippen molar-refractivity contribution in [2.75, 3.05) is 7.11 Å². The Hall–Kier alpha value is -1.30. The van der Waals surface area contributed by atoms with Crippen molar-refractivity contribution in [3.05, 3.63) is 29.5 Å². The van der Waals surface area contributed by atoms with Crippen LogP contribution in [0.4, 0.5) is 0 Å². The number of halogens is 1. The minimum absolute atomic E-state index is 0.294. The first-order valence-corrected chi connectivity index (χ1v) is 4.99. The van der Waals surface area contributed by atoms with Crippen LogP contribution < -0.4 is 10.2 Å². The molecule has 1 aromatic carbocycles. The monoisotopic (exact) mass is 237 g/mol. The van der Waals surface area contributed by atoms with Gasteiger partial charge >= 0.3 is 7.12 Å². The average molecular weight is 237 g/mol. The lowest BCUT2D eigenvalue weighted by Crippen LogP contribution is -2.32. The van der Waals surface area contributed by atoms with Crippen LogP contribution in [-0.2, 0) is 0 Å². The molecule has 0 fully saturated rings. The number of methoxy groups -OCH3 is 1. The molecule has 82 valence electrons. The zero-order valence-electron chi connectivity index (χ0n) is 8.51. The third-order valence-electron chi connectivity index (χ3n) is 2.35. The topological polar surface area (TPSA) is 62.6 Å². The molecule has 2 N–H and O–H groups in total. The fraction of sp³-hybridized carbons (Fsp3) is 0.100. The van der Waals surface area contributed by atoms with Gasteiger partial charge in [-0.1, -0.05) is 11.6 Å². The second kappa shape index (κ2) is 4.29. The molecule has 2 aromatic rings. The maximum absolute atomic E-state index is 9.34. The fourth-order valence-electron chi connectivity index (χ4n) is 1.64. The molecule has 0 saturated heterocycles. The molecule has 0 aliphatic carbocycles. The molecule has 1 heterocycles. The highest BCUT2D eigenvalue weighted by molar-refractivity contribution is 6.63. The van der Waals surface area contributed by atoms with Gasteiger partial charge in [0.2, 0.25) is 0 Å². The van der Waals surface area contributed by atoms with Crippen LogP contribution in [0.3, 0.4) is 0 Å². The van der Waals surface area contributed by atoms with Gasteiger partial charge in [0.15, 0.2) is 0 Å². The zero-order valence-corrected chi connectivity index (χ0v) is 9.27. The molecule has 0 radical (unpaired) electrons. The Balaban J connectivity index is 2.81. The predicted molar refractivity (Wildman–Crippen MR) is 63.1 cm³/mol. The summed E-state index contributed by atoms with van der Waals surface area (Å²) in [5.74, 6) is 0.407. The van der Waals surface area contributed by atoms with E-state index in [0.29, 0.717) is 21.8 Å². The van der Waals surface area contributed by atoms with Gasteiger partial charge in [0, 0.05) is 17.0 Å². The van der Waals surface area contributed by atoms with Gasteiger partial charge in [-0.15, -0.1) is 0 Å². The first kappa shape index (κ1) is 11.2. The van der Waals surface area contributed by atoms with Crippen molar-refractivity contribution >= 4 is 35.0 Å². The van der Waals surface area contributed by atoms with Crippen LogP contribution in [-0.4, -0.2) is 29.3 Å². The quantitative estimate of drug-likeness (QED) is 0.592. The fourth-order valence-corrected chi connectivity index (χ4v) is 1.80. The van der Waals surface area contributed by atoms with Crippen molar-refractivity contribution in [3.8, 4) is 5.75 Å². The van der Waals surface area contributed by atoms with Crippen LogP contribution in [0, 0.1) is 0 Å². The van der Waals surface area contributed by atoms with E-state index in [-0.39, 0.29) is 0 Å². The molecular weight excluding hydrogens is 228 g/mol. The van der Waals surface area contributed by atoms with Crippen molar-refractivity contribution in [1.82, 2.24) is 4.98 Å². The van der Waals surface area contributed by atoms with Gasteiger partial charge in [0.25, 0.3) is 0 Å². The Bertz CT molecular complexity index is 533. The van der Waals surface area contributed by atoms with Crippen LogP contribution in [0.15, 0.2) is 24.4 Å². The number of ether oxygens (including phenoxy) is 1. The summed E-state index contributed by atoms with van der Waals surface area (Å²) >= 11 is 5.78. The largest absolute Gasteiger partial charge is 0.497 e. The first-order valence-electron chi connectivity index (χ1n) is 4.61. The molecule has 0 atom stereocenters. The number of nitrogens with zero attached hydrogens (tertiary/aromatic N) is 1. The lowest BCUT2D eigenvalue weighted by atomic mass is 9.76. The molecule has 2 rings (SSSR count). The molecule has 4 nitrogen and oxygen atoms in total. The normalized spacial score (nSPS) is 10.5. The first-order chi connectivity index (χ1) is 7.63. The SMILES string of the molecule is COc1ccc2cnc(Cl)cc2c1B(O)O. The maximum atomic E-state index is 9.34. The molecule has 0 aliphatic heterocycles. The minimum atomic E-state index is -1.61. The van der Waals surface area contributed by atoms with Gasteiger partial charge in [0.1, 0.15) is 10.9 Å². The van der Waals surface area contributed by atoms with Gasteiger partial charge in [0.05, 0.1) is 7.11 Å². The molecule has 1 aromatic heterocycles. The number of pyridine rings is 1. The summed E-state index contributed by atoms with van der Waals surface area (Å²) in [6, 6.07) is 5.02. The summed E-state index contributed by atoms with van der Waals surface area (Å²) < 4.78 is 5.07. The average Bonchev–Trinajstić information content (AvgIpc) is 2.26. The standard InChI is InChI=1S/C10H9BClNO3/c1-16-8-3-2-6-5-13-9(12)4-7(6)10(8)11(14)15/h2-5,14-15H,1H3. The lowest BCUT2D eigenvalue weighted by molar-refractivity contribution is 0.404. The molecule has 0 aliphatic rings. The molecule has 0 bridgehead atoms. The van der Waals surface area contributed by atoms with E-state index >= 15 is 0 Å². The Morgan fingerprint density at radius 2 is 2.12 bits per heavy atom. The van der Waals surface area contributed by atoms with E-state index in [1.54, 1.807) is 24.4 Å². The van der Waals surface area contributed by atoms with E-state index in [2.05, 4.69) is 4.98 Å². The summed E-state index contributed by atoms with van der Waals surface area (Å²) in [5.41, 5.74) is 0.296. The van der Waals surface area contributed by atoms with E-state index in [9.17, 15) is 10.0 Å². The van der Waals surface area contributed by atoms with Crippen LogP contribution in [0.25, 0.3) is 10.8 Å². The third-order valence-corrected chi connectivity index (χ3v) is 2.56. The van der Waals surface area contributed by atoms with Crippen molar-refractivity contribution in [3.63, 3.8) is 0 Å². The summed E-state index contributed by atoms with van der Waals surface area (Å²) in [5, 5.41) is 20.4. The summed E-state index contributed by atoms with van der Waals surface area (Å²) in [7, 11) is -0.146. The molecule has 0 amide bonds. The maximum Gasteiger partial charge on any atom is 0.492 e. The van der Waals surface area contributed by atoms with Crippen molar-refractivity contribution < 1.29 is 14.8 Å². The minimum Gasteiger partial charge on any atom is -0.497 e. The van der Waals surface area contributed by atoms with Gasteiger partial charge in [-0.25, -0.2) is 4.98 Å². The number of benzene rings is 1. The summed E-state index contributed by atoms with van der Waals surface area (Å²) in [4.78, 5) is 3.92. The van der Waals surface area contributed by atoms with Gasteiger partial charge in [-0.05, 0) is 23.6 Å². The number of hydrogen-bond acceptors (Lipinski definition) is 4. The highest BCUT2D eigenvalue weighted by Gasteiger charge is 2.20. The van der Waals surface area contributed by atoms with E-state index < -0.39 is 7.12 Å². The van der Waals surface area contributed by atoms with Gasteiger partial charge < -0.3 is 14.8 Å². The predicted octanol–water partition coefficient (Wildman–Crippen LogP) is 0.577. The molecule has 16 heavy (non-hydrogen) atoms. The van der Waals surface area contributed by atoms with E-state index in [0.717, 1.165) is 5.39 Å². The van der Waals surface area contributed by atoms with Crippen LogP contribution >= 0.6 is 11.6 Å².